The second kappa shape index (κ2) is 7.36. The lowest BCUT2D eigenvalue weighted by Gasteiger charge is -2.16. The third kappa shape index (κ3) is 8.08. The Bertz CT molecular complexity index is 198. The average Bonchev–Trinajstić information content (AvgIpc) is 2.11. The van der Waals surface area contributed by atoms with Crippen molar-refractivity contribution in [3.63, 3.8) is 0 Å². The van der Waals surface area contributed by atoms with Gasteiger partial charge in [-0.2, -0.15) is 0 Å². The summed E-state index contributed by atoms with van der Waals surface area (Å²) in [6.45, 7) is 3.25. The van der Waals surface area contributed by atoms with Crippen LogP contribution in [0.3, 0.4) is 0 Å². The number of aliphatic carboxylic acids is 1. The van der Waals surface area contributed by atoms with Crippen LogP contribution in [0, 0.1) is 0 Å². The molecule has 0 aromatic carbocycles. The van der Waals surface area contributed by atoms with Crippen LogP contribution in [0.4, 0.5) is 0 Å². The van der Waals surface area contributed by atoms with Crippen molar-refractivity contribution in [2.24, 2.45) is 0 Å². The summed E-state index contributed by atoms with van der Waals surface area (Å²) < 4.78 is 5.16. The van der Waals surface area contributed by atoms with E-state index in [1.807, 2.05) is 0 Å². The molecule has 0 aliphatic carbocycles. The van der Waals surface area contributed by atoms with Crippen LogP contribution in [0.15, 0.2) is 0 Å². The number of carbonyl (C=O) groups is 2. The van der Waals surface area contributed by atoms with E-state index in [2.05, 4.69) is 0 Å². The van der Waals surface area contributed by atoms with Gasteiger partial charge in [0.05, 0.1) is 25.2 Å². The zero-order valence-corrected chi connectivity index (χ0v) is 9.10. The van der Waals surface area contributed by atoms with Crippen molar-refractivity contribution < 1.29 is 24.5 Å². The maximum atomic E-state index is 10.8. The normalized spacial score (nSPS) is 14.6. The number of Topliss-reactive ketones (excluding diaryl/α,β-unsaturated/α-hetero) is 1. The van der Waals surface area contributed by atoms with Gasteiger partial charge in [-0.1, -0.05) is 6.92 Å². The smallest absolute Gasteiger partial charge is 0.305 e. The third-order valence-corrected chi connectivity index (χ3v) is 1.91. The van der Waals surface area contributed by atoms with Crippen molar-refractivity contribution >= 4 is 11.8 Å². The van der Waals surface area contributed by atoms with Crippen LogP contribution < -0.4 is 0 Å². The predicted molar refractivity (Wildman–Crippen MR) is 53.6 cm³/mol. The number of hydrogen-bond donors (Lipinski definition) is 2. The molecule has 0 fully saturated rings. The summed E-state index contributed by atoms with van der Waals surface area (Å²) in [5.41, 5.74) is 0. The Balaban J connectivity index is 4.00. The van der Waals surface area contributed by atoms with Crippen molar-refractivity contribution in [1.82, 2.24) is 0 Å². The largest absolute Gasteiger partial charge is 0.481 e. The van der Waals surface area contributed by atoms with E-state index in [-0.39, 0.29) is 25.2 Å². The molecule has 0 aromatic heterocycles. The monoisotopic (exact) mass is 218 g/mol. The summed E-state index contributed by atoms with van der Waals surface area (Å²) in [5, 5.41) is 17.8. The summed E-state index contributed by atoms with van der Waals surface area (Å²) in [6, 6.07) is 0. The fourth-order valence-corrected chi connectivity index (χ4v) is 1.07. The Labute approximate surface area is 89.0 Å². The summed E-state index contributed by atoms with van der Waals surface area (Å²) in [6.07, 6.45) is -0.840. The highest BCUT2D eigenvalue weighted by Gasteiger charge is 2.17. The molecule has 5 heteroatoms. The molecule has 88 valence electrons. The molecule has 0 saturated heterocycles. The summed E-state index contributed by atoms with van der Waals surface area (Å²) >= 11 is 0. The van der Waals surface area contributed by atoms with Crippen molar-refractivity contribution in [2.45, 2.75) is 45.3 Å². The van der Waals surface area contributed by atoms with Gasteiger partial charge >= 0.3 is 5.97 Å². The van der Waals surface area contributed by atoms with E-state index >= 15 is 0 Å². The van der Waals surface area contributed by atoms with Gasteiger partial charge in [-0.3, -0.25) is 9.59 Å². The molecule has 0 bridgehead atoms. The van der Waals surface area contributed by atoms with Crippen LogP contribution in [-0.2, 0) is 14.3 Å². The lowest BCUT2D eigenvalue weighted by Crippen LogP contribution is -2.25. The van der Waals surface area contributed by atoms with Gasteiger partial charge in [0.25, 0.3) is 0 Å². The summed E-state index contributed by atoms with van der Waals surface area (Å²) in [5.74, 6) is -1.13. The molecule has 0 radical (unpaired) electrons. The minimum Gasteiger partial charge on any atom is -0.481 e. The van der Waals surface area contributed by atoms with E-state index in [0.717, 1.165) is 0 Å². The van der Waals surface area contributed by atoms with Gasteiger partial charge in [-0.25, -0.2) is 0 Å². The zero-order chi connectivity index (χ0) is 11.8. The summed E-state index contributed by atoms with van der Waals surface area (Å²) in [4.78, 5) is 21.3. The minimum atomic E-state index is -1.01. The number of aliphatic hydroxyl groups excluding tert-OH is 1. The number of carbonyl (C=O) groups excluding carboxylic acids is 1. The fourth-order valence-electron chi connectivity index (χ4n) is 1.07. The van der Waals surface area contributed by atoms with E-state index in [1.54, 1.807) is 6.92 Å². The zero-order valence-electron chi connectivity index (χ0n) is 9.10. The minimum absolute atomic E-state index is 0.0712. The quantitative estimate of drug-likeness (QED) is 0.623. The van der Waals surface area contributed by atoms with Crippen LogP contribution in [0.25, 0.3) is 0 Å². The Morgan fingerprint density at radius 3 is 2.33 bits per heavy atom. The Morgan fingerprint density at radius 1 is 1.33 bits per heavy atom. The Hall–Kier alpha value is -0.940. The maximum absolute atomic E-state index is 10.8. The second-order valence-corrected chi connectivity index (χ2v) is 3.52. The molecular weight excluding hydrogens is 200 g/mol. The molecule has 0 aliphatic rings. The number of rotatable bonds is 8. The van der Waals surface area contributed by atoms with Crippen LogP contribution in [0.1, 0.15) is 33.1 Å². The second-order valence-electron chi connectivity index (χ2n) is 3.52. The number of carboxylic acid groups (broad SMARTS) is 1. The Kier molecular flexibility index (Phi) is 6.90. The standard InChI is InChI=1S/C10H18O5/c1-3-8(12)6-15-9(4-7(2)11)5-10(13)14/h8-9,12H,3-6H2,1-2H3,(H,13,14). The topological polar surface area (TPSA) is 83.8 Å². The van der Waals surface area contributed by atoms with Crippen LogP contribution >= 0.6 is 0 Å². The van der Waals surface area contributed by atoms with Crippen molar-refractivity contribution in [3.05, 3.63) is 0 Å². The molecular formula is C10H18O5. The first kappa shape index (κ1) is 14.1. The molecule has 2 unspecified atom stereocenters. The number of ether oxygens (including phenoxy) is 1. The molecule has 2 N–H and O–H groups in total. The van der Waals surface area contributed by atoms with Gasteiger partial charge < -0.3 is 14.9 Å². The number of ketones is 1. The van der Waals surface area contributed by atoms with E-state index in [4.69, 9.17) is 9.84 Å². The molecule has 0 rings (SSSR count). The van der Waals surface area contributed by atoms with Crippen LogP contribution in [-0.4, -0.2) is 40.8 Å². The maximum Gasteiger partial charge on any atom is 0.305 e. The highest BCUT2D eigenvalue weighted by atomic mass is 16.5. The molecule has 15 heavy (non-hydrogen) atoms. The molecule has 0 saturated carbocycles. The molecule has 0 spiro atoms. The number of aliphatic hydroxyl groups is 1. The van der Waals surface area contributed by atoms with Crippen molar-refractivity contribution in [2.75, 3.05) is 6.61 Å². The lowest BCUT2D eigenvalue weighted by molar-refractivity contribution is -0.141. The lowest BCUT2D eigenvalue weighted by atomic mass is 10.1. The fraction of sp³-hybridized carbons (Fsp3) is 0.800. The molecule has 2 atom stereocenters. The molecule has 0 aromatic rings. The SMILES string of the molecule is CCC(O)COC(CC(C)=O)CC(=O)O. The first-order valence-corrected chi connectivity index (χ1v) is 4.96. The third-order valence-electron chi connectivity index (χ3n) is 1.91. The predicted octanol–water partition coefficient (Wildman–Crippen LogP) is 0.596. The number of hydrogen-bond acceptors (Lipinski definition) is 4. The van der Waals surface area contributed by atoms with Crippen molar-refractivity contribution in [1.29, 1.82) is 0 Å². The molecule has 5 nitrogen and oxygen atoms in total. The van der Waals surface area contributed by atoms with E-state index < -0.39 is 18.2 Å². The van der Waals surface area contributed by atoms with Crippen LogP contribution in [0.2, 0.25) is 0 Å². The average molecular weight is 218 g/mol. The Morgan fingerprint density at radius 2 is 1.93 bits per heavy atom. The van der Waals surface area contributed by atoms with Gasteiger partial charge in [0.2, 0.25) is 0 Å². The van der Waals surface area contributed by atoms with Crippen LogP contribution in [0.5, 0.6) is 0 Å². The highest BCUT2D eigenvalue weighted by Crippen LogP contribution is 2.06. The van der Waals surface area contributed by atoms with Gasteiger partial charge in [0, 0.05) is 6.42 Å². The van der Waals surface area contributed by atoms with E-state index in [9.17, 15) is 14.7 Å². The van der Waals surface area contributed by atoms with Gasteiger partial charge in [-0.15, -0.1) is 0 Å². The summed E-state index contributed by atoms with van der Waals surface area (Å²) in [7, 11) is 0. The first-order valence-electron chi connectivity index (χ1n) is 4.96. The molecule has 0 aliphatic heterocycles. The first-order chi connectivity index (χ1) is 6.95. The van der Waals surface area contributed by atoms with Gasteiger partial charge in [0.15, 0.2) is 0 Å². The van der Waals surface area contributed by atoms with Crippen molar-refractivity contribution in [3.8, 4) is 0 Å². The van der Waals surface area contributed by atoms with E-state index in [0.29, 0.717) is 6.42 Å². The van der Waals surface area contributed by atoms with Gasteiger partial charge in [-0.05, 0) is 13.3 Å². The van der Waals surface area contributed by atoms with Gasteiger partial charge in [0.1, 0.15) is 5.78 Å². The number of carboxylic acids is 1. The molecule has 0 heterocycles. The molecule has 0 amide bonds. The van der Waals surface area contributed by atoms with E-state index in [1.165, 1.54) is 6.92 Å². The highest BCUT2D eigenvalue weighted by molar-refractivity contribution is 5.77.